The molecular weight excluding hydrogens is 441 g/mol. The van der Waals surface area contributed by atoms with Gasteiger partial charge in [-0.2, -0.15) is 5.10 Å². The number of halogens is 1. The number of hydrogen-bond acceptors (Lipinski definition) is 5. The number of nitrogens with one attached hydrogen (secondary N) is 1. The van der Waals surface area contributed by atoms with Gasteiger partial charge in [0.1, 0.15) is 24.3 Å². The van der Waals surface area contributed by atoms with Gasteiger partial charge < -0.3 is 15.2 Å². The number of benzene rings is 3. The first-order valence-electron chi connectivity index (χ1n) is 10.4. The summed E-state index contributed by atoms with van der Waals surface area (Å²) in [6.07, 6.45) is 3.26. The van der Waals surface area contributed by atoms with Gasteiger partial charge in [0.05, 0.1) is 23.4 Å². The summed E-state index contributed by atoms with van der Waals surface area (Å²) in [7, 11) is 0. The van der Waals surface area contributed by atoms with E-state index in [-0.39, 0.29) is 11.9 Å². The van der Waals surface area contributed by atoms with Gasteiger partial charge in [-0.1, -0.05) is 12.1 Å². The van der Waals surface area contributed by atoms with Crippen LogP contribution in [-0.4, -0.2) is 39.7 Å². The highest BCUT2D eigenvalue weighted by Crippen LogP contribution is 2.30. The molecule has 0 spiro atoms. The second-order valence-electron chi connectivity index (χ2n) is 7.58. The third-order valence-corrected chi connectivity index (χ3v) is 6.05. The van der Waals surface area contributed by atoms with Crippen molar-refractivity contribution in [2.24, 2.45) is 0 Å². The van der Waals surface area contributed by atoms with Gasteiger partial charge in [-0.3, -0.25) is 4.79 Å². The van der Waals surface area contributed by atoms with Gasteiger partial charge in [0.15, 0.2) is 0 Å². The van der Waals surface area contributed by atoms with Gasteiger partial charge in [-0.25, -0.2) is 9.07 Å². The molecule has 1 aromatic heterocycles. The molecule has 2 atom stereocenters. The van der Waals surface area contributed by atoms with Crippen LogP contribution in [0, 0.1) is 5.82 Å². The molecule has 4 rings (SSSR count). The normalized spacial score (nSPS) is 13.0. The van der Waals surface area contributed by atoms with E-state index >= 15 is 0 Å². The Hall–Kier alpha value is -3.36. The molecule has 0 radical (unpaired) electrons. The zero-order valence-corrected chi connectivity index (χ0v) is 19.1. The molecule has 0 unspecified atom stereocenters. The molecule has 1 amide bonds. The van der Waals surface area contributed by atoms with Crippen molar-refractivity contribution < 1.29 is 19.0 Å². The van der Waals surface area contributed by atoms with E-state index in [2.05, 4.69) is 10.4 Å². The van der Waals surface area contributed by atoms with E-state index in [9.17, 15) is 9.18 Å². The third kappa shape index (κ3) is 5.18. The van der Waals surface area contributed by atoms with E-state index in [1.54, 1.807) is 34.8 Å². The average Bonchev–Trinajstić information content (AvgIpc) is 3.26. The zero-order valence-electron chi connectivity index (χ0n) is 18.2. The Balaban J connectivity index is 1.63. The summed E-state index contributed by atoms with van der Waals surface area (Å²) >= 11 is 1.64. The molecular formula is C25H24FN3O3S. The molecule has 8 heteroatoms. The molecule has 0 saturated heterocycles. The number of aromatic nitrogens is 2. The number of aliphatic hydroxyl groups excluding tert-OH is 1. The average molecular weight is 466 g/mol. The van der Waals surface area contributed by atoms with Crippen molar-refractivity contribution in [1.82, 2.24) is 15.1 Å². The number of thioether (sulfide) groups is 1. The molecule has 1 heterocycles. The van der Waals surface area contributed by atoms with E-state index in [0.29, 0.717) is 5.75 Å². The summed E-state index contributed by atoms with van der Waals surface area (Å²) in [6.45, 7) is 1.25. The number of rotatable bonds is 8. The zero-order chi connectivity index (χ0) is 23.4. The summed E-state index contributed by atoms with van der Waals surface area (Å²) in [5.74, 6) is -0.150. The van der Waals surface area contributed by atoms with Crippen molar-refractivity contribution in [3.05, 3.63) is 84.3 Å². The van der Waals surface area contributed by atoms with Crippen molar-refractivity contribution in [1.29, 1.82) is 0 Å². The quantitative estimate of drug-likeness (QED) is 0.375. The van der Waals surface area contributed by atoms with Gasteiger partial charge in [0.2, 0.25) is 5.91 Å². The van der Waals surface area contributed by atoms with Crippen LogP contribution in [0.2, 0.25) is 0 Å². The fourth-order valence-corrected chi connectivity index (χ4v) is 4.05. The second kappa shape index (κ2) is 10.1. The Kier molecular flexibility index (Phi) is 6.96. The van der Waals surface area contributed by atoms with E-state index < -0.39 is 18.6 Å². The Morgan fingerprint density at radius 3 is 2.55 bits per heavy atom. The van der Waals surface area contributed by atoms with Crippen LogP contribution in [0.4, 0.5) is 4.39 Å². The Morgan fingerprint density at radius 1 is 1.15 bits per heavy atom. The Bertz CT molecular complexity index is 1240. The summed E-state index contributed by atoms with van der Waals surface area (Å²) < 4.78 is 21.3. The largest absolute Gasteiger partial charge is 0.484 e. The predicted molar refractivity (Wildman–Crippen MR) is 127 cm³/mol. The minimum Gasteiger partial charge on any atom is -0.484 e. The minimum absolute atomic E-state index is 0.301. The van der Waals surface area contributed by atoms with E-state index in [1.165, 1.54) is 12.1 Å². The van der Waals surface area contributed by atoms with Crippen LogP contribution < -0.4 is 10.1 Å². The van der Waals surface area contributed by atoms with Crippen molar-refractivity contribution in [2.75, 3.05) is 12.9 Å². The van der Waals surface area contributed by atoms with Crippen molar-refractivity contribution in [3.8, 4) is 11.4 Å². The number of ether oxygens (including phenoxy) is 1. The number of hydrogen-bond donors (Lipinski definition) is 2. The van der Waals surface area contributed by atoms with Gasteiger partial charge in [0.25, 0.3) is 0 Å². The molecule has 0 saturated carbocycles. The number of carbonyl (C=O) groups is 1. The van der Waals surface area contributed by atoms with Crippen molar-refractivity contribution in [3.63, 3.8) is 0 Å². The number of amides is 1. The highest BCUT2D eigenvalue weighted by molar-refractivity contribution is 7.98. The molecule has 0 aliphatic carbocycles. The Labute approximate surface area is 195 Å². The number of aliphatic hydroxyl groups is 1. The predicted octanol–water partition coefficient (Wildman–Crippen LogP) is 4.50. The Morgan fingerprint density at radius 2 is 1.88 bits per heavy atom. The van der Waals surface area contributed by atoms with Crippen molar-refractivity contribution >= 4 is 28.6 Å². The van der Waals surface area contributed by atoms with E-state index in [0.717, 1.165) is 27.0 Å². The molecule has 2 N–H and O–H groups in total. The van der Waals surface area contributed by atoms with Crippen LogP contribution in [0.1, 0.15) is 18.6 Å². The van der Waals surface area contributed by atoms with Crippen LogP contribution in [-0.2, 0) is 4.79 Å². The maximum atomic E-state index is 13.3. The van der Waals surface area contributed by atoms with Gasteiger partial charge in [-0.15, -0.1) is 11.8 Å². The maximum Gasteiger partial charge on any atom is 0.246 e. The molecule has 170 valence electrons. The van der Waals surface area contributed by atoms with Crippen LogP contribution in [0.5, 0.6) is 5.75 Å². The number of carbonyl (C=O) groups excluding carboxylic acids is 1. The van der Waals surface area contributed by atoms with Gasteiger partial charge in [-0.05, 0) is 73.3 Å². The number of nitrogens with zero attached hydrogens (tertiary/aromatic N) is 2. The smallest absolute Gasteiger partial charge is 0.246 e. The first-order valence-corrected chi connectivity index (χ1v) is 11.7. The first kappa shape index (κ1) is 22.8. The fourth-order valence-electron chi connectivity index (χ4n) is 3.65. The van der Waals surface area contributed by atoms with Gasteiger partial charge in [0, 0.05) is 10.3 Å². The standard InChI is InChI=1S/C25H24FN3O3S/c1-16(28-24(31)15-30)25(17-3-10-22(33-2)11-4-17)32-21-9-12-23-18(13-21)14-27-29(23)20-7-5-19(26)6-8-20/h3-14,16,25,30H,15H2,1-2H3,(H,28,31)/t16-,25-/m0/s1. The molecule has 0 fully saturated rings. The lowest BCUT2D eigenvalue weighted by atomic mass is 10.0. The number of fused-ring (bicyclic) bond motifs is 1. The minimum atomic E-state index is -0.586. The topological polar surface area (TPSA) is 76.4 Å². The van der Waals surface area contributed by atoms with Crippen LogP contribution in [0.3, 0.4) is 0 Å². The van der Waals surface area contributed by atoms with Gasteiger partial charge >= 0.3 is 0 Å². The fraction of sp³-hybridized carbons (Fsp3) is 0.200. The molecule has 4 aromatic rings. The summed E-state index contributed by atoms with van der Waals surface area (Å²) in [5, 5.41) is 17.2. The van der Waals surface area contributed by atoms with Crippen molar-refractivity contribution in [2.45, 2.75) is 24.0 Å². The third-order valence-electron chi connectivity index (χ3n) is 5.30. The molecule has 0 aliphatic rings. The molecule has 6 nitrogen and oxygen atoms in total. The van der Waals surface area contributed by atoms with E-state index in [1.807, 2.05) is 55.6 Å². The molecule has 0 aliphatic heterocycles. The summed E-state index contributed by atoms with van der Waals surface area (Å²) in [6, 6.07) is 19.3. The molecule has 33 heavy (non-hydrogen) atoms. The highest BCUT2D eigenvalue weighted by atomic mass is 32.2. The van der Waals surface area contributed by atoms with Crippen LogP contribution in [0.15, 0.2) is 77.8 Å². The molecule has 3 aromatic carbocycles. The SMILES string of the molecule is CSc1ccc([C@@H](Oc2ccc3c(cnn3-c3ccc(F)cc3)c2)[C@H](C)NC(=O)CO)cc1. The first-order chi connectivity index (χ1) is 16.0. The highest BCUT2D eigenvalue weighted by Gasteiger charge is 2.23. The lowest BCUT2D eigenvalue weighted by molar-refractivity contribution is -0.125. The monoisotopic (exact) mass is 465 g/mol. The molecule has 0 bridgehead atoms. The lowest BCUT2D eigenvalue weighted by Gasteiger charge is -2.26. The second-order valence-corrected chi connectivity index (χ2v) is 8.46. The maximum absolute atomic E-state index is 13.3. The van der Waals surface area contributed by atoms with Crippen LogP contribution >= 0.6 is 11.8 Å². The van der Waals surface area contributed by atoms with E-state index in [4.69, 9.17) is 9.84 Å². The summed E-state index contributed by atoms with van der Waals surface area (Å²) in [5.41, 5.74) is 2.52. The summed E-state index contributed by atoms with van der Waals surface area (Å²) in [4.78, 5) is 12.9. The van der Waals surface area contributed by atoms with Crippen LogP contribution in [0.25, 0.3) is 16.6 Å². The lowest BCUT2D eigenvalue weighted by Crippen LogP contribution is -2.40.